The van der Waals surface area contributed by atoms with Gasteiger partial charge >= 0.3 is 11.9 Å². The predicted octanol–water partition coefficient (Wildman–Crippen LogP) is 2.91. The molecule has 4 rings (SSSR count). The first-order chi connectivity index (χ1) is 15.6. The Labute approximate surface area is 183 Å². The van der Waals surface area contributed by atoms with Gasteiger partial charge in [-0.15, -0.1) is 0 Å². The third-order valence-corrected chi connectivity index (χ3v) is 4.87. The number of rotatable bonds is 5. The van der Waals surface area contributed by atoms with Gasteiger partial charge in [-0.25, -0.2) is 19.3 Å². The summed E-state index contributed by atoms with van der Waals surface area (Å²) < 4.78 is 50.4. The molecule has 0 saturated carbocycles. The van der Waals surface area contributed by atoms with Crippen LogP contribution in [-0.2, 0) is 6.18 Å². The van der Waals surface area contributed by atoms with E-state index in [0.29, 0.717) is 5.75 Å². The maximum absolute atomic E-state index is 12.9. The Morgan fingerprint density at radius 1 is 1.06 bits per heavy atom. The van der Waals surface area contributed by atoms with E-state index < -0.39 is 23.3 Å². The van der Waals surface area contributed by atoms with E-state index in [9.17, 15) is 22.8 Å². The summed E-state index contributed by atoms with van der Waals surface area (Å²) in [4.78, 5) is 35.8. The molecule has 4 aromatic rings. The monoisotopic (exact) mass is 459 g/mol. The number of hydrogen-bond donors (Lipinski definition) is 2. The Bertz CT molecular complexity index is 1430. The van der Waals surface area contributed by atoms with Crippen molar-refractivity contribution in [1.82, 2.24) is 19.5 Å². The van der Waals surface area contributed by atoms with Gasteiger partial charge in [0.05, 0.1) is 25.5 Å². The van der Waals surface area contributed by atoms with Crippen molar-refractivity contribution in [3.05, 3.63) is 64.2 Å². The first kappa shape index (κ1) is 21.9. The van der Waals surface area contributed by atoms with Crippen molar-refractivity contribution < 1.29 is 27.4 Å². The van der Waals surface area contributed by atoms with Crippen molar-refractivity contribution in [2.24, 2.45) is 5.73 Å². The van der Waals surface area contributed by atoms with E-state index in [-0.39, 0.29) is 39.7 Å². The molecule has 2 heterocycles. The number of amides is 1. The number of alkyl halides is 3. The molecule has 0 bridgehead atoms. The Morgan fingerprint density at radius 3 is 2.33 bits per heavy atom. The van der Waals surface area contributed by atoms with Gasteiger partial charge < -0.3 is 20.2 Å². The molecule has 33 heavy (non-hydrogen) atoms. The van der Waals surface area contributed by atoms with Crippen LogP contribution >= 0.6 is 0 Å². The molecule has 0 atom stereocenters. The number of primary amides is 1. The van der Waals surface area contributed by atoms with E-state index >= 15 is 0 Å². The predicted molar refractivity (Wildman–Crippen MR) is 112 cm³/mol. The van der Waals surface area contributed by atoms with Gasteiger partial charge in [0, 0.05) is 11.6 Å². The summed E-state index contributed by atoms with van der Waals surface area (Å²) in [5.41, 5.74) is 4.07. The first-order valence-corrected chi connectivity index (χ1v) is 9.36. The first-order valence-electron chi connectivity index (χ1n) is 9.36. The topological polar surface area (TPSA) is 125 Å². The summed E-state index contributed by atoms with van der Waals surface area (Å²) in [5.74, 6) is -0.301. The molecule has 0 unspecified atom stereocenters. The summed E-state index contributed by atoms with van der Waals surface area (Å²) in [7, 11) is 2.87. The number of carbonyl (C=O) groups excluding carboxylic acids is 1. The number of aromatic amines is 1. The second kappa shape index (κ2) is 7.97. The molecule has 0 radical (unpaired) electrons. The second-order valence-corrected chi connectivity index (χ2v) is 6.84. The lowest BCUT2D eigenvalue weighted by atomic mass is 10.1. The van der Waals surface area contributed by atoms with Crippen molar-refractivity contribution >= 4 is 17.1 Å². The highest BCUT2D eigenvalue weighted by atomic mass is 19.4. The van der Waals surface area contributed by atoms with Gasteiger partial charge in [-0.05, 0) is 24.3 Å². The zero-order valence-corrected chi connectivity index (χ0v) is 17.2. The zero-order chi connectivity index (χ0) is 23.9. The van der Waals surface area contributed by atoms with Gasteiger partial charge in [0.25, 0.3) is 5.91 Å². The fourth-order valence-electron chi connectivity index (χ4n) is 3.29. The average molecular weight is 459 g/mol. The number of methoxy groups -OCH3 is 2. The van der Waals surface area contributed by atoms with Crippen molar-refractivity contribution in [1.29, 1.82) is 0 Å². The molecule has 0 aliphatic heterocycles. The fourth-order valence-corrected chi connectivity index (χ4v) is 3.29. The number of nitrogens with two attached hydrogens (primary N) is 1. The number of H-pyrrole nitrogens is 1. The third kappa shape index (κ3) is 3.86. The number of imidazole rings is 1. The number of hydrogen-bond acceptors (Lipinski definition) is 6. The van der Waals surface area contributed by atoms with Crippen LogP contribution in [0.25, 0.3) is 28.2 Å². The second-order valence-electron chi connectivity index (χ2n) is 6.84. The van der Waals surface area contributed by atoms with E-state index in [1.54, 1.807) is 18.2 Å². The van der Waals surface area contributed by atoms with E-state index in [0.717, 1.165) is 28.8 Å². The van der Waals surface area contributed by atoms with Gasteiger partial charge in [0.15, 0.2) is 17.2 Å². The molecule has 2 aromatic carbocycles. The van der Waals surface area contributed by atoms with Crippen LogP contribution in [0.3, 0.4) is 0 Å². The highest BCUT2D eigenvalue weighted by molar-refractivity contribution is 6.02. The van der Waals surface area contributed by atoms with Crippen molar-refractivity contribution in [3.63, 3.8) is 0 Å². The van der Waals surface area contributed by atoms with Crippen LogP contribution in [0.15, 0.2) is 47.3 Å². The Morgan fingerprint density at radius 2 is 1.76 bits per heavy atom. The highest BCUT2D eigenvalue weighted by Crippen LogP contribution is 2.32. The Hall–Kier alpha value is -4.35. The minimum atomic E-state index is -4.52. The van der Waals surface area contributed by atoms with Crippen LogP contribution in [0, 0.1) is 0 Å². The Kier molecular flexibility index (Phi) is 5.28. The fraction of sp³-hybridized carbons (Fsp3) is 0.143. The van der Waals surface area contributed by atoms with Gasteiger partial charge in [0.1, 0.15) is 17.0 Å². The molecule has 12 heteroatoms. The van der Waals surface area contributed by atoms with Crippen LogP contribution in [0.1, 0.15) is 16.1 Å². The molecular weight excluding hydrogens is 443 g/mol. The molecule has 2 aromatic heterocycles. The van der Waals surface area contributed by atoms with E-state index in [2.05, 4.69) is 15.0 Å². The van der Waals surface area contributed by atoms with Gasteiger partial charge in [-0.3, -0.25) is 4.79 Å². The number of aromatic nitrogens is 4. The molecule has 1 amide bonds. The summed E-state index contributed by atoms with van der Waals surface area (Å²) >= 11 is 0. The van der Waals surface area contributed by atoms with Crippen molar-refractivity contribution in [2.45, 2.75) is 6.18 Å². The standard InChI is InChI=1S/C21H16F3N5O4/c1-32-12-7-8-13(14(9-12)33-2)29-19-16(27-20(29)31)15(17(25)30)26-18(28-19)10-3-5-11(6-4-10)21(22,23)24/h3-9H,1-2H3,(H2,25,30)(H,27,31). The number of carbonyl (C=O) groups is 1. The largest absolute Gasteiger partial charge is 0.497 e. The molecule has 0 spiro atoms. The minimum absolute atomic E-state index is 0.0119. The number of nitrogens with zero attached hydrogens (tertiary/aromatic N) is 3. The number of ether oxygens (including phenoxy) is 2. The van der Waals surface area contributed by atoms with E-state index in [1.807, 2.05) is 0 Å². The maximum Gasteiger partial charge on any atom is 0.416 e. The van der Waals surface area contributed by atoms with Crippen LogP contribution in [0.5, 0.6) is 11.5 Å². The molecule has 170 valence electrons. The molecule has 9 nitrogen and oxygen atoms in total. The van der Waals surface area contributed by atoms with E-state index in [1.165, 1.54) is 14.2 Å². The summed E-state index contributed by atoms with van der Waals surface area (Å²) in [6.07, 6.45) is -4.52. The van der Waals surface area contributed by atoms with Crippen LogP contribution in [0.4, 0.5) is 13.2 Å². The smallest absolute Gasteiger partial charge is 0.416 e. The summed E-state index contributed by atoms with van der Waals surface area (Å²) in [6, 6.07) is 8.75. The Balaban J connectivity index is 1.98. The van der Waals surface area contributed by atoms with Crippen molar-refractivity contribution in [3.8, 4) is 28.6 Å². The molecule has 0 fully saturated rings. The lowest BCUT2D eigenvalue weighted by Gasteiger charge is -2.12. The molecule has 0 aliphatic carbocycles. The molecular formula is C21H16F3N5O4. The number of halogens is 3. The number of nitrogens with one attached hydrogen (secondary N) is 1. The zero-order valence-electron chi connectivity index (χ0n) is 17.2. The highest BCUT2D eigenvalue weighted by Gasteiger charge is 2.30. The quantitative estimate of drug-likeness (QED) is 0.473. The van der Waals surface area contributed by atoms with Gasteiger partial charge in [-0.1, -0.05) is 12.1 Å². The normalized spacial score (nSPS) is 11.5. The minimum Gasteiger partial charge on any atom is -0.497 e. The number of fused-ring (bicyclic) bond motifs is 1. The maximum atomic E-state index is 12.9. The SMILES string of the molecule is COc1ccc(-n2c(=O)[nH]c3c(C(N)=O)nc(-c4ccc(C(F)(F)F)cc4)nc32)c(OC)c1. The third-order valence-electron chi connectivity index (χ3n) is 4.87. The number of benzene rings is 2. The van der Waals surface area contributed by atoms with Gasteiger partial charge in [-0.2, -0.15) is 13.2 Å². The lowest BCUT2D eigenvalue weighted by molar-refractivity contribution is -0.137. The van der Waals surface area contributed by atoms with Crippen LogP contribution in [0.2, 0.25) is 0 Å². The summed E-state index contributed by atoms with van der Waals surface area (Å²) in [6.45, 7) is 0. The van der Waals surface area contributed by atoms with Gasteiger partial charge in [0.2, 0.25) is 0 Å². The molecule has 3 N–H and O–H groups in total. The van der Waals surface area contributed by atoms with Crippen LogP contribution in [-0.4, -0.2) is 39.6 Å². The van der Waals surface area contributed by atoms with E-state index in [4.69, 9.17) is 15.2 Å². The lowest BCUT2D eigenvalue weighted by Crippen LogP contribution is -2.16. The van der Waals surface area contributed by atoms with Crippen molar-refractivity contribution in [2.75, 3.05) is 14.2 Å². The molecule has 0 saturated heterocycles. The molecule has 0 aliphatic rings. The average Bonchev–Trinajstić information content (AvgIpc) is 3.12. The van der Waals surface area contributed by atoms with Crippen LogP contribution < -0.4 is 20.9 Å². The summed E-state index contributed by atoms with van der Waals surface area (Å²) in [5, 5.41) is 0.